The van der Waals surface area contributed by atoms with Crippen LogP contribution in [-0.4, -0.2) is 64.9 Å². The molecule has 1 heterocycles. The first kappa shape index (κ1) is 52.6. The van der Waals surface area contributed by atoms with Gasteiger partial charge in [-0.3, -0.25) is 4.79 Å². The summed E-state index contributed by atoms with van der Waals surface area (Å²) < 4.78 is 21.4. The van der Waals surface area contributed by atoms with Crippen LogP contribution in [0.1, 0.15) is 146 Å². The van der Waals surface area contributed by atoms with Crippen LogP contribution in [0.3, 0.4) is 0 Å². The lowest BCUT2D eigenvalue weighted by Crippen LogP contribution is -2.70. The van der Waals surface area contributed by atoms with Crippen molar-refractivity contribution in [3.05, 3.63) is 139 Å². The van der Waals surface area contributed by atoms with E-state index in [1.165, 1.54) is 38.5 Å². The van der Waals surface area contributed by atoms with E-state index in [0.29, 0.717) is 50.3 Å². The van der Waals surface area contributed by atoms with Crippen LogP contribution in [-0.2, 0) is 21.0 Å². The van der Waals surface area contributed by atoms with Crippen LogP contribution >= 0.6 is 0 Å². The van der Waals surface area contributed by atoms with Gasteiger partial charge in [-0.1, -0.05) is 168 Å². The molecule has 7 rings (SSSR count). The molecule has 376 valence electrons. The summed E-state index contributed by atoms with van der Waals surface area (Å²) in [4.78, 5) is 23.3. The van der Waals surface area contributed by atoms with E-state index in [4.69, 9.17) is 24.2 Å². The Hall–Kier alpha value is -5.22. The minimum atomic E-state index is -1.29. The van der Waals surface area contributed by atoms with Gasteiger partial charge in [0.05, 0.1) is 18.2 Å². The van der Waals surface area contributed by atoms with Crippen molar-refractivity contribution >= 4 is 11.6 Å². The molecule has 0 aromatic heterocycles. The molecule has 0 spiro atoms. The summed E-state index contributed by atoms with van der Waals surface area (Å²) in [6.07, 6.45) is 21.2. The van der Waals surface area contributed by atoms with Gasteiger partial charge in [-0.15, -0.1) is 6.58 Å². The van der Waals surface area contributed by atoms with Crippen LogP contribution in [0.4, 0.5) is 0 Å². The number of carbonyl (C=O) groups excluding carboxylic acids is 1. The monoisotopic (exact) mass is 953 g/mol. The Labute approximate surface area is 419 Å². The minimum Gasteiger partial charge on any atom is -0.459 e. The summed E-state index contributed by atoms with van der Waals surface area (Å²) in [6, 6.07) is 34.3. The van der Waals surface area contributed by atoms with E-state index < -0.39 is 11.8 Å². The van der Waals surface area contributed by atoms with Crippen molar-refractivity contribution < 1.29 is 34.1 Å². The molecular weight excluding hydrogens is 873 g/mol. The van der Waals surface area contributed by atoms with Crippen molar-refractivity contribution in [2.24, 2.45) is 22.9 Å². The third kappa shape index (κ3) is 13.4. The largest absolute Gasteiger partial charge is 0.459 e. The Morgan fingerprint density at radius 2 is 1.43 bits per heavy atom. The number of ether oxygens (including phenoxy) is 3. The zero-order chi connectivity index (χ0) is 49.0. The molecule has 4 aromatic rings. The zero-order valence-electron chi connectivity index (χ0n) is 42.2. The van der Waals surface area contributed by atoms with E-state index in [-0.39, 0.29) is 49.4 Å². The van der Waals surface area contributed by atoms with Crippen molar-refractivity contribution in [1.82, 2.24) is 4.90 Å². The van der Waals surface area contributed by atoms with Crippen LogP contribution in [0.5, 0.6) is 17.2 Å². The van der Waals surface area contributed by atoms with Gasteiger partial charge in [0.1, 0.15) is 29.9 Å². The molecule has 9 heteroatoms. The predicted molar refractivity (Wildman–Crippen MR) is 282 cm³/mol. The predicted octanol–water partition coefficient (Wildman–Crippen LogP) is 14.1. The van der Waals surface area contributed by atoms with Crippen LogP contribution in [0.15, 0.2) is 133 Å². The van der Waals surface area contributed by atoms with Gasteiger partial charge in [-0.2, -0.15) is 0 Å². The highest BCUT2D eigenvalue weighted by Crippen LogP contribution is 2.62. The van der Waals surface area contributed by atoms with E-state index in [2.05, 4.69) is 61.7 Å². The number of fused-ring (bicyclic) bond motifs is 2. The van der Waals surface area contributed by atoms with Crippen molar-refractivity contribution in [3.63, 3.8) is 0 Å². The first-order valence-electron chi connectivity index (χ1n) is 26.8. The zero-order valence-corrected chi connectivity index (χ0v) is 42.2. The Bertz CT molecular complexity index is 2260. The number of benzene rings is 4. The summed E-state index contributed by atoms with van der Waals surface area (Å²) >= 11 is 0. The van der Waals surface area contributed by atoms with Gasteiger partial charge in [0.2, 0.25) is 11.7 Å². The van der Waals surface area contributed by atoms with Gasteiger partial charge >= 0.3 is 0 Å². The van der Waals surface area contributed by atoms with Gasteiger partial charge in [0.25, 0.3) is 0 Å². The van der Waals surface area contributed by atoms with Crippen molar-refractivity contribution in [2.75, 3.05) is 26.4 Å². The maximum atomic E-state index is 14.9. The summed E-state index contributed by atoms with van der Waals surface area (Å²) in [6.45, 7) is 9.84. The maximum Gasteiger partial charge on any atom is 0.239 e. The molecular formula is C61H80N2O7. The van der Waals surface area contributed by atoms with Crippen LogP contribution in [0.25, 0.3) is 11.1 Å². The van der Waals surface area contributed by atoms with Gasteiger partial charge in [0.15, 0.2) is 0 Å². The summed E-state index contributed by atoms with van der Waals surface area (Å²) in [5.41, 5.74) is 6.15. The molecule has 1 fully saturated rings. The number of hydrogen-bond donors (Lipinski definition) is 2. The molecule has 9 nitrogen and oxygen atoms in total. The Morgan fingerprint density at radius 3 is 2.11 bits per heavy atom. The van der Waals surface area contributed by atoms with Gasteiger partial charge in [-0.25, -0.2) is 0 Å². The average Bonchev–Trinajstić information content (AvgIpc) is 3.39. The fourth-order valence-corrected chi connectivity index (χ4v) is 11.4. The van der Waals surface area contributed by atoms with Crippen LogP contribution in [0.2, 0.25) is 0 Å². The van der Waals surface area contributed by atoms with E-state index >= 15 is 0 Å². The summed E-state index contributed by atoms with van der Waals surface area (Å²) in [7, 11) is 0. The molecule has 6 atom stereocenters. The molecule has 0 radical (unpaired) electrons. The number of hydrogen-bond acceptors (Lipinski definition) is 8. The molecule has 1 saturated carbocycles. The highest BCUT2D eigenvalue weighted by atomic mass is 16.7. The number of oxime groups is 1. The molecule has 1 aliphatic heterocycles. The number of amides is 1. The lowest BCUT2D eigenvalue weighted by molar-refractivity contribution is -0.257. The topological polar surface area (TPSA) is 110 Å². The molecule has 2 aliphatic carbocycles. The molecule has 0 saturated heterocycles. The third-order valence-electron chi connectivity index (χ3n) is 14.7. The number of unbranched alkanes of at least 4 members (excludes halogenated alkanes) is 10. The second-order valence-electron chi connectivity index (χ2n) is 19.7. The quantitative estimate of drug-likeness (QED) is 0.0304. The van der Waals surface area contributed by atoms with Gasteiger partial charge in [-0.05, 0) is 103 Å². The summed E-state index contributed by atoms with van der Waals surface area (Å²) in [5.74, 6) is 0.667. The standard InChI is InChI=1S/C61H80N2O7/c1-4-7-8-9-10-11-12-13-20-31-58(66)63(38-5-2)57-44-55(62-68-45-46-25-16-14-17-26-46)53-42-49(29-21-23-39-64)52(30-22-24-40-65)59-54-43-51(36-37-56(54)70-61(57,60(53)59)67-41-6-3)69-50-34-32-48(33-35-50)47-27-18-15-19-28-47/h6,14-19,25-28,32-37,42-43,49,52,57,59-60,64-65H,3-5,7-13,20-24,29-31,38-41,44-45H2,1-2H3/t49-,52+,57-,59+,60+,61+/m0/s1. The fourth-order valence-electron chi connectivity index (χ4n) is 11.4. The van der Waals surface area contributed by atoms with E-state index in [1.807, 2.05) is 72.8 Å². The number of rotatable bonds is 30. The molecule has 0 bridgehead atoms. The first-order chi connectivity index (χ1) is 34.4. The third-order valence-corrected chi connectivity index (χ3v) is 14.7. The first-order valence-corrected chi connectivity index (χ1v) is 26.8. The second kappa shape index (κ2) is 27.4. The molecule has 1 amide bonds. The van der Waals surface area contributed by atoms with Gasteiger partial charge in [0, 0.05) is 44.1 Å². The van der Waals surface area contributed by atoms with Crippen LogP contribution in [0, 0.1) is 17.8 Å². The lowest BCUT2D eigenvalue weighted by atomic mass is 9.55. The second-order valence-corrected chi connectivity index (χ2v) is 19.7. The number of allylic oxidation sites excluding steroid dienone is 1. The molecule has 4 aromatic carbocycles. The average molecular weight is 953 g/mol. The molecule has 0 unspecified atom stereocenters. The summed E-state index contributed by atoms with van der Waals surface area (Å²) in [5, 5.41) is 25.2. The Kier molecular flexibility index (Phi) is 20.6. The van der Waals surface area contributed by atoms with E-state index in [1.54, 1.807) is 6.08 Å². The maximum absolute atomic E-state index is 14.9. The van der Waals surface area contributed by atoms with Crippen molar-refractivity contribution in [2.45, 2.75) is 154 Å². The number of carbonyl (C=O) groups is 1. The normalized spacial score (nSPS) is 21.8. The lowest BCUT2D eigenvalue weighted by Gasteiger charge is -2.60. The number of aliphatic hydroxyl groups is 2. The number of nitrogens with zero attached hydrogens (tertiary/aromatic N) is 2. The minimum absolute atomic E-state index is 0.108. The molecule has 2 N–H and O–H groups in total. The highest BCUT2D eigenvalue weighted by Gasteiger charge is 2.65. The smallest absolute Gasteiger partial charge is 0.239 e. The van der Waals surface area contributed by atoms with E-state index in [9.17, 15) is 15.0 Å². The van der Waals surface area contributed by atoms with Crippen molar-refractivity contribution in [1.29, 1.82) is 0 Å². The fraction of sp³-hybridized carbons (Fsp3) is 0.508. The van der Waals surface area contributed by atoms with Crippen LogP contribution < -0.4 is 9.47 Å². The van der Waals surface area contributed by atoms with Gasteiger partial charge < -0.3 is 34.2 Å². The molecule has 3 aliphatic rings. The molecule has 70 heavy (non-hydrogen) atoms. The Morgan fingerprint density at radius 1 is 0.771 bits per heavy atom. The SMILES string of the molecule is C=CCO[C@@]12Oc3ccc(Oc4ccc(-c5ccccc5)cc4)cc3[C@H]3[C@H](CCCCO)[C@@H](CCCCO)C=C(C(=NOCc4ccccc4)C[C@@H]1N(CCC)C(=O)CCCCCCCCCCC)[C@H]32. The van der Waals surface area contributed by atoms with E-state index in [0.717, 1.165) is 90.7 Å². The number of aliphatic hydroxyl groups excluding tert-OH is 2. The highest BCUT2D eigenvalue weighted by molar-refractivity contribution is 6.03. The van der Waals surface area contributed by atoms with Crippen molar-refractivity contribution in [3.8, 4) is 28.4 Å². The Balaban J connectivity index is 1.32.